The van der Waals surface area contributed by atoms with Crippen LogP contribution < -0.4 is 14.8 Å². The summed E-state index contributed by atoms with van der Waals surface area (Å²) in [5, 5.41) is 8.23. The van der Waals surface area contributed by atoms with Crippen LogP contribution in [-0.4, -0.2) is 29.9 Å². The van der Waals surface area contributed by atoms with Crippen LogP contribution in [0, 0.1) is 6.92 Å². The van der Waals surface area contributed by atoms with Gasteiger partial charge in [0, 0.05) is 22.5 Å². The number of benzene rings is 3. The highest BCUT2D eigenvalue weighted by atomic mass is 35.5. The zero-order chi connectivity index (χ0) is 22.7. The number of hydrogen-bond donors (Lipinski definition) is 1. The average molecular weight is 448 g/mol. The SMILES string of the molecule is COc1ccc(OC)c(-c2nn(-c3ccccc3)cc2C(=O)Nc2cc(Cl)ccc2C)c1. The van der Waals surface area contributed by atoms with E-state index in [1.165, 1.54) is 0 Å². The number of carbonyl (C=O) groups excluding carboxylic acids is 1. The molecule has 0 aliphatic rings. The first-order valence-electron chi connectivity index (χ1n) is 9.95. The van der Waals surface area contributed by atoms with Crippen LogP contribution in [0.4, 0.5) is 5.69 Å². The summed E-state index contributed by atoms with van der Waals surface area (Å²) in [7, 11) is 3.16. The molecule has 0 aliphatic heterocycles. The van der Waals surface area contributed by atoms with E-state index in [9.17, 15) is 4.79 Å². The molecule has 4 rings (SSSR count). The summed E-state index contributed by atoms with van der Waals surface area (Å²) < 4.78 is 12.6. The number of carbonyl (C=O) groups is 1. The molecule has 0 unspecified atom stereocenters. The topological polar surface area (TPSA) is 65.4 Å². The third-order valence-electron chi connectivity index (χ3n) is 5.09. The number of hydrogen-bond acceptors (Lipinski definition) is 4. The first-order chi connectivity index (χ1) is 15.5. The van der Waals surface area contributed by atoms with Gasteiger partial charge < -0.3 is 14.8 Å². The van der Waals surface area contributed by atoms with Crippen molar-refractivity contribution in [3.8, 4) is 28.4 Å². The zero-order valence-corrected chi connectivity index (χ0v) is 18.7. The van der Waals surface area contributed by atoms with Crippen LogP contribution >= 0.6 is 11.6 Å². The van der Waals surface area contributed by atoms with Crippen molar-refractivity contribution < 1.29 is 14.3 Å². The molecule has 6 nitrogen and oxygen atoms in total. The summed E-state index contributed by atoms with van der Waals surface area (Å²) in [4.78, 5) is 13.4. The molecule has 0 bridgehead atoms. The van der Waals surface area contributed by atoms with Crippen molar-refractivity contribution in [1.82, 2.24) is 9.78 Å². The Kier molecular flexibility index (Phi) is 6.14. The Bertz CT molecular complexity index is 1270. The van der Waals surface area contributed by atoms with Gasteiger partial charge in [0.15, 0.2) is 0 Å². The monoisotopic (exact) mass is 447 g/mol. The van der Waals surface area contributed by atoms with Crippen LogP contribution in [0.1, 0.15) is 15.9 Å². The van der Waals surface area contributed by atoms with Crippen molar-refractivity contribution in [2.24, 2.45) is 0 Å². The number of anilines is 1. The van der Waals surface area contributed by atoms with Gasteiger partial charge in [0.1, 0.15) is 17.2 Å². The van der Waals surface area contributed by atoms with Gasteiger partial charge in [-0.15, -0.1) is 0 Å². The molecule has 1 N–H and O–H groups in total. The number of ether oxygens (including phenoxy) is 2. The quantitative estimate of drug-likeness (QED) is 0.407. The fraction of sp³-hybridized carbons (Fsp3) is 0.120. The van der Waals surface area contributed by atoms with Gasteiger partial charge in [-0.2, -0.15) is 5.10 Å². The summed E-state index contributed by atoms with van der Waals surface area (Å²) in [6.07, 6.45) is 1.71. The highest BCUT2D eigenvalue weighted by molar-refractivity contribution is 6.31. The second-order valence-corrected chi connectivity index (χ2v) is 7.59. The number of amides is 1. The maximum atomic E-state index is 13.4. The number of rotatable bonds is 6. The minimum absolute atomic E-state index is 0.308. The van der Waals surface area contributed by atoms with Crippen LogP contribution in [0.25, 0.3) is 16.9 Å². The lowest BCUT2D eigenvalue weighted by atomic mass is 10.1. The molecule has 7 heteroatoms. The Morgan fingerprint density at radius 3 is 2.50 bits per heavy atom. The van der Waals surface area contributed by atoms with Gasteiger partial charge in [-0.3, -0.25) is 4.79 Å². The van der Waals surface area contributed by atoms with E-state index in [0.29, 0.717) is 39.0 Å². The number of nitrogens with zero attached hydrogens (tertiary/aromatic N) is 2. The molecule has 1 amide bonds. The van der Waals surface area contributed by atoms with E-state index < -0.39 is 0 Å². The van der Waals surface area contributed by atoms with Crippen molar-refractivity contribution >= 4 is 23.2 Å². The number of methoxy groups -OCH3 is 2. The highest BCUT2D eigenvalue weighted by Gasteiger charge is 2.22. The van der Waals surface area contributed by atoms with Crippen molar-refractivity contribution in [3.63, 3.8) is 0 Å². The van der Waals surface area contributed by atoms with Gasteiger partial charge in [-0.05, 0) is 55.0 Å². The van der Waals surface area contributed by atoms with E-state index in [2.05, 4.69) is 5.32 Å². The number of aromatic nitrogens is 2. The number of para-hydroxylation sites is 1. The molecule has 1 aromatic heterocycles. The predicted molar refractivity (Wildman–Crippen MR) is 126 cm³/mol. The third kappa shape index (κ3) is 4.31. The molecule has 3 aromatic carbocycles. The van der Waals surface area contributed by atoms with E-state index in [1.54, 1.807) is 55.4 Å². The fourth-order valence-corrected chi connectivity index (χ4v) is 3.54. The first kappa shape index (κ1) is 21.5. The molecule has 0 saturated heterocycles. The van der Waals surface area contributed by atoms with Gasteiger partial charge in [0.05, 0.1) is 25.5 Å². The average Bonchev–Trinajstić information content (AvgIpc) is 3.27. The third-order valence-corrected chi connectivity index (χ3v) is 5.32. The molecule has 0 spiro atoms. The summed E-state index contributed by atoms with van der Waals surface area (Å²) in [5.74, 6) is 0.904. The largest absolute Gasteiger partial charge is 0.497 e. The Morgan fingerprint density at radius 2 is 1.78 bits per heavy atom. The van der Waals surface area contributed by atoms with Crippen LogP contribution in [0.5, 0.6) is 11.5 Å². The summed E-state index contributed by atoms with van der Waals surface area (Å²) in [5.41, 5.74) is 3.88. The predicted octanol–water partition coefficient (Wildman–Crippen LogP) is 5.77. The Labute approximate surface area is 191 Å². The van der Waals surface area contributed by atoms with Gasteiger partial charge in [0.2, 0.25) is 0 Å². The van der Waals surface area contributed by atoms with Crippen molar-refractivity contribution in [2.45, 2.75) is 6.92 Å². The minimum Gasteiger partial charge on any atom is -0.497 e. The van der Waals surface area contributed by atoms with Crippen molar-refractivity contribution in [2.75, 3.05) is 19.5 Å². The Morgan fingerprint density at radius 1 is 1.00 bits per heavy atom. The van der Waals surface area contributed by atoms with Crippen LogP contribution in [0.15, 0.2) is 72.9 Å². The molecular weight excluding hydrogens is 426 g/mol. The van der Waals surface area contributed by atoms with Gasteiger partial charge in [-0.1, -0.05) is 35.9 Å². The highest BCUT2D eigenvalue weighted by Crippen LogP contribution is 2.35. The fourth-order valence-electron chi connectivity index (χ4n) is 3.37. The minimum atomic E-state index is -0.308. The van der Waals surface area contributed by atoms with Gasteiger partial charge in [0.25, 0.3) is 5.91 Å². The van der Waals surface area contributed by atoms with E-state index in [1.807, 2.05) is 43.3 Å². The van der Waals surface area contributed by atoms with E-state index in [4.69, 9.17) is 26.2 Å². The molecule has 162 valence electrons. The summed E-state index contributed by atoms with van der Waals surface area (Å²) in [6, 6.07) is 20.4. The molecular formula is C25H22ClN3O3. The molecule has 0 radical (unpaired) electrons. The number of aryl methyl sites for hydroxylation is 1. The second kappa shape index (κ2) is 9.16. The normalized spacial score (nSPS) is 10.6. The Hall–Kier alpha value is -3.77. The second-order valence-electron chi connectivity index (χ2n) is 7.15. The number of halogens is 1. The Balaban J connectivity index is 1.85. The zero-order valence-electron chi connectivity index (χ0n) is 17.9. The maximum absolute atomic E-state index is 13.4. The molecule has 0 atom stereocenters. The molecule has 4 aromatic rings. The smallest absolute Gasteiger partial charge is 0.259 e. The van der Waals surface area contributed by atoms with Gasteiger partial charge >= 0.3 is 0 Å². The van der Waals surface area contributed by atoms with E-state index in [-0.39, 0.29) is 5.91 Å². The molecule has 0 saturated carbocycles. The summed E-state index contributed by atoms with van der Waals surface area (Å²) in [6.45, 7) is 1.91. The lowest BCUT2D eigenvalue weighted by Gasteiger charge is -2.11. The van der Waals surface area contributed by atoms with Crippen LogP contribution in [-0.2, 0) is 0 Å². The van der Waals surface area contributed by atoms with Crippen molar-refractivity contribution in [3.05, 3.63) is 89.1 Å². The number of nitrogens with one attached hydrogen (secondary N) is 1. The summed E-state index contributed by atoms with van der Waals surface area (Å²) >= 11 is 6.13. The lowest BCUT2D eigenvalue weighted by Crippen LogP contribution is -2.13. The maximum Gasteiger partial charge on any atom is 0.259 e. The van der Waals surface area contributed by atoms with Crippen LogP contribution in [0.3, 0.4) is 0 Å². The van der Waals surface area contributed by atoms with E-state index >= 15 is 0 Å². The van der Waals surface area contributed by atoms with Crippen LogP contribution in [0.2, 0.25) is 5.02 Å². The molecule has 1 heterocycles. The van der Waals surface area contributed by atoms with E-state index in [0.717, 1.165) is 11.3 Å². The lowest BCUT2D eigenvalue weighted by molar-refractivity contribution is 0.102. The van der Waals surface area contributed by atoms with Gasteiger partial charge in [-0.25, -0.2) is 4.68 Å². The standard InChI is InChI=1S/C25H22ClN3O3/c1-16-9-10-17(26)13-22(16)27-25(30)21-15-29(18-7-5-4-6-8-18)28-24(21)20-14-19(31-2)11-12-23(20)32-3/h4-15H,1-3H3,(H,27,30). The first-order valence-corrected chi connectivity index (χ1v) is 10.3. The molecule has 0 fully saturated rings. The van der Waals surface area contributed by atoms with Crippen molar-refractivity contribution in [1.29, 1.82) is 0 Å². The molecule has 0 aliphatic carbocycles. The molecule has 32 heavy (non-hydrogen) atoms.